The quantitative estimate of drug-likeness (QED) is 0.275. The average molecular weight is 565 g/mol. The molecule has 0 N–H and O–H groups in total. The van der Waals surface area contributed by atoms with E-state index in [2.05, 4.69) is 9.88 Å². The van der Waals surface area contributed by atoms with Crippen LogP contribution >= 0.6 is 11.3 Å². The summed E-state index contributed by atoms with van der Waals surface area (Å²) in [4.78, 5) is 11.7. The molecule has 1 aliphatic heterocycles. The predicted molar refractivity (Wildman–Crippen MR) is 150 cm³/mol. The number of fused-ring (bicyclic) bond motifs is 1. The van der Waals surface area contributed by atoms with Crippen LogP contribution in [0.1, 0.15) is 5.56 Å². The molecule has 0 bridgehead atoms. The van der Waals surface area contributed by atoms with E-state index in [0.717, 1.165) is 39.0 Å². The molecule has 0 spiro atoms. The monoisotopic (exact) mass is 564 g/mol. The van der Waals surface area contributed by atoms with Gasteiger partial charge in [-0.25, -0.2) is 26.7 Å². The first-order chi connectivity index (χ1) is 18.9. The van der Waals surface area contributed by atoms with Gasteiger partial charge in [-0.3, -0.25) is 0 Å². The number of benzene rings is 2. The topological polar surface area (TPSA) is 86.5 Å². The Bertz CT molecular complexity index is 1780. The van der Waals surface area contributed by atoms with E-state index in [0.29, 0.717) is 29.7 Å². The van der Waals surface area contributed by atoms with E-state index < -0.39 is 15.8 Å². The summed E-state index contributed by atoms with van der Waals surface area (Å²) in [7, 11) is -2.61. The van der Waals surface area contributed by atoms with Gasteiger partial charge in [0, 0.05) is 52.9 Å². The van der Waals surface area contributed by atoms with Crippen molar-refractivity contribution in [3.63, 3.8) is 0 Å². The normalized spacial score (nSPS) is 14.2. The predicted octanol–water partition coefficient (Wildman–Crippen LogP) is 5.36. The highest BCUT2D eigenvalue weighted by Crippen LogP contribution is 2.40. The van der Waals surface area contributed by atoms with E-state index in [1.165, 1.54) is 30.7 Å². The molecule has 0 atom stereocenters. The third-order valence-corrected chi connectivity index (χ3v) is 9.29. The number of aromatic nitrogens is 3. The number of halogens is 1. The molecule has 6 rings (SSSR count). The fraction of sp³-hybridized carbons (Fsp3) is 0.214. The number of hydrogen-bond acceptors (Lipinski definition) is 8. The maximum absolute atomic E-state index is 14.7. The molecule has 1 saturated heterocycles. The van der Waals surface area contributed by atoms with Crippen molar-refractivity contribution in [1.29, 1.82) is 0 Å². The Morgan fingerprint density at radius 3 is 2.59 bits per heavy atom. The number of para-hydroxylation sites is 1. The van der Waals surface area contributed by atoms with Gasteiger partial charge in [0.1, 0.15) is 0 Å². The molecule has 11 heteroatoms. The molecule has 5 aromatic rings. The van der Waals surface area contributed by atoms with E-state index in [1.807, 2.05) is 18.4 Å². The van der Waals surface area contributed by atoms with Crippen LogP contribution in [0, 0.1) is 12.7 Å². The molecule has 0 radical (unpaired) electrons. The maximum atomic E-state index is 14.7. The van der Waals surface area contributed by atoms with Gasteiger partial charge in [-0.1, -0.05) is 29.8 Å². The van der Waals surface area contributed by atoms with Crippen molar-refractivity contribution in [2.24, 2.45) is 0 Å². The van der Waals surface area contributed by atoms with E-state index in [1.54, 1.807) is 42.6 Å². The van der Waals surface area contributed by atoms with Gasteiger partial charge < -0.3 is 14.4 Å². The Morgan fingerprint density at radius 2 is 1.85 bits per heavy atom. The first-order valence-electron chi connectivity index (χ1n) is 12.3. The molecule has 200 valence electrons. The van der Waals surface area contributed by atoms with Gasteiger partial charge in [-0.05, 0) is 31.2 Å². The molecule has 8 nitrogen and oxygen atoms in total. The number of ether oxygens (including phenoxy) is 2. The fourth-order valence-electron chi connectivity index (χ4n) is 4.67. The fourth-order valence-corrected chi connectivity index (χ4v) is 6.88. The standard InChI is InChI=1S/C28H25FN4O4S2/c1-18-6-8-20(9-7-18)39(34,35)33-16-23(21-4-3-5-24(29)26(21)36-2)22-14-19(15-30-27(22)33)25-17-38-28(31-25)32-10-12-37-13-11-32/h3-9,14-17H,10-13H2,1-2H3. The van der Waals surface area contributed by atoms with Crippen LogP contribution in [0.4, 0.5) is 9.52 Å². The van der Waals surface area contributed by atoms with E-state index >= 15 is 0 Å². The summed E-state index contributed by atoms with van der Waals surface area (Å²) in [5.41, 5.74) is 3.52. The van der Waals surface area contributed by atoms with Crippen molar-refractivity contribution in [2.75, 3.05) is 38.3 Å². The van der Waals surface area contributed by atoms with Gasteiger partial charge in [0.15, 0.2) is 22.3 Å². The van der Waals surface area contributed by atoms with Gasteiger partial charge in [-0.15, -0.1) is 11.3 Å². The maximum Gasteiger partial charge on any atom is 0.269 e. The number of hydrogen-bond donors (Lipinski definition) is 0. The molecule has 1 aliphatic rings. The molecule has 0 aliphatic carbocycles. The number of anilines is 1. The molecule has 0 amide bonds. The summed E-state index contributed by atoms with van der Waals surface area (Å²) in [6.45, 7) is 4.75. The molecule has 3 aromatic heterocycles. The number of rotatable bonds is 6. The van der Waals surface area contributed by atoms with Crippen molar-refractivity contribution < 1.29 is 22.3 Å². The SMILES string of the molecule is COc1c(F)cccc1-c1cn(S(=O)(=O)c2ccc(C)cc2)c2ncc(-c3csc(N4CCOCC4)n3)cc12. The van der Waals surface area contributed by atoms with Crippen LogP contribution in [0.2, 0.25) is 0 Å². The molecular weight excluding hydrogens is 539 g/mol. The summed E-state index contributed by atoms with van der Waals surface area (Å²) >= 11 is 1.53. The van der Waals surface area contributed by atoms with Gasteiger partial charge in [-0.2, -0.15) is 0 Å². The smallest absolute Gasteiger partial charge is 0.269 e. The van der Waals surface area contributed by atoms with Crippen LogP contribution in [-0.2, 0) is 14.8 Å². The number of methoxy groups -OCH3 is 1. The first-order valence-corrected chi connectivity index (χ1v) is 14.6. The second-order valence-corrected chi connectivity index (χ2v) is 11.8. The van der Waals surface area contributed by atoms with Gasteiger partial charge in [0.25, 0.3) is 10.0 Å². The molecule has 39 heavy (non-hydrogen) atoms. The summed E-state index contributed by atoms with van der Waals surface area (Å²) in [6, 6.07) is 13.0. The highest BCUT2D eigenvalue weighted by Gasteiger charge is 2.25. The minimum absolute atomic E-state index is 0.0259. The van der Waals surface area contributed by atoms with Crippen LogP contribution in [0.25, 0.3) is 33.4 Å². The zero-order valence-corrected chi connectivity index (χ0v) is 22.9. The summed E-state index contributed by atoms with van der Waals surface area (Å²) < 4.78 is 54.2. The lowest BCUT2D eigenvalue weighted by Crippen LogP contribution is -2.36. The Morgan fingerprint density at radius 1 is 1.08 bits per heavy atom. The molecule has 0 unspecified atom stereocenters. The van der Waals surface area contributed by atoms with E-state index in [4.69, 9.17) is 14.5 Å². The Labute approximate surface area is 229 Å². The zero-order valence-electron chi connectivity index (χ0n) is 21.3. The van der Waals surface area contributed by atoms with Crippen LogP contribution < -0.4 is 9.64 Å². The lowest BCUT2D eigenvalue weighted by Gasteiger charge is -2.26. The van der Waals surface area contributed by atoms with Gasteiger partial charge in [0.05, 0.1) is 30.9 Å². The van der Waals surface area contributed by atoms with E-state index in [-0.39, 0.29) is 16.3 Å². The third-order valence-electron chi connectivity index (χ3n) is 6.72. The van der Waals surface area contributed by atoms with Crippen molar-refractivity contribution in [2.45, 2.75) is 11.8 Å². The minimum Gasteiger partial charge on any atom is -0.493 e. The number of aryl methyl sites for hydroxylation is 1. The summed E-state index contributed by atoms with van der Waals surface area (Å²) in [5.74, 6) is -0.519. The largest absolute Gasteiger partial charge is 0.493 e. The van der Waals surface area contributed by atoms with Crippen molar-refractivity contribution in [1.82, 2.24) is 13.9 Å². The third kappa shape index (κ3) is 4.56. The van der Waals surface area contributed by atoms with Crippen molar-refractivity contribution in [3.8, 4) is 28.1 Å². The van der Waals surface area contributed by atoms with Crippen molar-refractivity contribution >= 4 is 37.5 Å². The molecule has 1 fully saturated rings. The van der Waals surface area contributed by atoms with Crippen molar-refractivity contribution in [3.05, 3.63) is 77.7 Å². The number of morpholine rings is 1. The zero-order chi connectivity index (χ0) is 27.1. The molecular formula is C28H25FN4O4S2. The van der Waals surface area contributed by atoms with Gasteiger partial charge >= 0.3 is 0 Å². The lowest BCUT2D eigenvalue weighted by molar-refractivity contribution is 0.122. The molecule has 4 heterocycles. The second-order valence-electron chi connectivity index (χ2n) is 9.19. The Kier molecular flexibility index (Phi) is 6.57. The average Bonchev–Trinajstić information content (AvgIpc) is 3.59. The lowest BCUT2D eigenvalue weighted by atomic mass is 10.0. The Balaban J connectivity index is 1.53. The highest BCUT2D eigenvalue weighted by molar-refractivity contribution is 7.90. The van der Waals surface area contributed by atoms with Crippen LogP contribution in [0.15, 0.2) is 71.2 Å². The molecule has 0 saturated carbocycles. The Hall–Kier alpha value is -3.80. The van der Waals surface area contributed by atoms with Crippen LogP contribution in [-0.4, -0.2) is 55.8 Å². The van der Waals surface area contributed by atoms with Crippen LogP contribution in [0.5, 0.6) is 5.75 Å². The number of pyridine rings is 1. The highest BCUT2D eigenvalue weighted by atomic mass is 32.2. The van der Waals surface area contributed by atoms with Crippen LogP contribution in [0.3, 0.4) is 0 Å². The number of nitrogens with zero attached hydrogens (tertiary/aromatic N) is 4. The summed E-state index contributed by atoms with van der Waals surface area (Å²) in [6.07, 6.45) is 3.10. The van der Waals surface area contributed by atoms with E-state index in [9.17, 15) is 12.8 Å². The molecule has 2 aromatic carbocycles. The minimum atomic E-state index is -4.00. The second kappa shape index (κ2) is 10.1. The first kappa shape index (κ1) is 25.5. The summed E-state index contributed by atoms with van der Waals surface area (Å²) in [5, 5.41) is 3.38. The number of thiazole rings is 1. The van der Waals surface area contributed by atoms with Gasteiger partial charge in [0.2, 0.25) is 0 Å².